The van der Waals surface area contributed by atoms with Gasteiger partial charge in [-0.25, -0.2) is 18.6 Å². The van der Waals surface area contributed by atoms with Gasteiger partial charge in [0.05, 0.1) is 60.8 Å². The number of aromatic nitrogens is 4. The van der Waals surface area contributed by atoms with Gasteiger partial charge in [-0.1, -0.05) is 6.92 Å². The molecule has 1 amide bonds. The summed E-state index contributed by atoms with van der Waals surface area (Å²) in [5.74, 6) is -1.14. The van der Waals surface area contributed by atoms with E-state index in [2.05, 4.69) is 25.3 Å². The predicted molar refractivity (Wildman–Crippen MR) is 146 cm³/mol. The van der Waals surface area contributed by atoms with E-state index in [0.717, 1.165) is 17.8 Å². The van der Waals surface area contributed by atoms with Gasteiger partial charge in [-0.05, 0) is 24.1 Å². The molecule has 0 bridgehead atoms. The normalized spacial score (nSPS) is 19.0. The summed E-state index contributed by atoms with van der Waals surface area (Å²) in [7, 11) is 4.38. The first kappa shape index (κ1) is 27.1. The number of piperidine rings is 1. The summed E-state index contributed by atoms with van der Waals surface area (Å²) >= 11 is 0. The first-order chi connectivity index (χ1) is 19.2. The summed E-state index contributed by atoms with van der Waals surface area (Å²) in [4.78, 5) is 24.5. The number of halogens is 2. The summed E-state index contributed by atoms with van der Waals surface area (Å²) in [6.45, 7) is 3.14. The number of benzene rings is 1. The molecule has 3 unspecified atom stereocenters. The van der Waals surface area contributed by atoms with Crippen LogP contribution in [-0.2, 0) is 4.74 Å². The number of pyridine rings is 1. The average molecular weight is 553 g/mol. The van der Waals surface area contributed by atoms with Crippen molar-refractivity contribution in [2.75, 3.05) is 44.6 Å². The van der Waals surface area contributed by atoms with E-state index in [1.807, 2.05) is 13.0 Å². The van der Waals surface area contributed by atoms with Gasteiger partial charge in [-0.3, -0.25) is 4.98 Å². The number of rotatable bonds is 6. The van der Waals surface area contributed by atoms with Crippen LogP contribution in [0.25, 0.3) is 16.8 Å². The summed E-state index contributed by atoms with van der Waals surface area (Å²) in [5, 5.41) is 7.73. The molecular formula is C27H30F2N8O3. The number of carbonyl (C=O) groups is 1. The lowest BCUT2D eigenvalue weighted by Crippen LogP contribution is -2.62. The fourth-order valence-electron chi connectivity index (χ4n) is 5.34. The number of amides is 1. The zero-order chi connectivity index (χ0) is 28.6. The van der Waals surface area contributed by atoms with Crippen molar-refractivity contribution in [1.29, 1.82) is 0 Å². The van der Waals surface area contributed by atoms with Gasteiger partial charge < -0.3 is 30.3 Å². The number of nitrogens with zero attached hydrogens (tertiary/aromatic N) is 6. The quantitative estimate of drug-likeness (QED) is 0.369. The van der Waals surface area contributed by atoms with Gasteiger partial charge in [0.1, 0.15) is 17.4 Å². The lowest BCUT2D eigenvalue weighted by atomic mass is 9.89. The molecule has 4 heterocycles. The topological polar surface area (TPSA) is 123 Å². The molecule has 40 heavy (non-hydrogen) atoms. The molecule has 1 aliphatic heterocycles. The van der Waals surface area contributed by atoms with Gasteiger partial charge in [0.25, 0.3) is 0 Å². The average Bonchev–Trinajstić information content (AvgIpc) is 3.33. The number of anilines is 3. The van der Waals surface area contributed by atoms with Crippen LogP contribution in [0.1, 0.15) is 6.92 Å². The minimum Gasteiger partial charge on any atom is -0.497 e. The largest absolute Gasteiger partial charge is 0.497 e. The second-order valence-corrected chi connectivity index (χ2v) is 9.74. The van der Waals surface area contributed by atoms with E-state index in [4.69, 9.17) is 15.2 Å². The van der Waals surface area contributed by atoms with Gasteiger partial charge in [0.2, 0.25) is 5.95 Å². The Balaban J connectivity index is 1.44. The number of ether oxygens (including phenoxy) is 2. The highest BCUT2D eigenvalue weighted by Gasteiger charge is 2.38. The molecule has 0 aliphatic carbocycles. The van der Waals surface area contributed by atoms with E-state index in [-0.39, 0.29) is 35.0 Å². The van der Waals surface area contributed by atoms with Crippen LogP contribution in [0, 0.1) is 17.6 Å². The third kappa shape index (κ3) is 4.95. The number of nitrogens with two attached hydrogens (primary N) is 1. The molecule has 11 nitrogen and oxygen atoms in total. The maximum absolute atomic E-state index is 14.8. The second kappa shape index (κ2) is 10.9. The molecule has 3 atom stereocenters. The summed E-state index contributed by atoms with van der Waals surface area (Å²) < 4.78 is 40.8. The fraction of sp³-hybridized carbons (Fsp3) is 0.333. The van der Waals surface area contributed by atoms with E-state index in [0.29, 0.717) is 30.2 Å². The van der Waals surface area contributed by atoms with Gasteiger partial charge >= 0.3 is 6.09 Å². The first-order valence-corrected chi connectivity index (χ1v) is 12.6. The van der Waals surface area contributed by atoms with E-state index in [1.54, 1.807) is 36.6 Å². The summed E-state index contributed by atoms with van der Waals surface area (Å²) in [6, 6.07) is 6.76. The minimum atomic E-state index is -0.792. The van der Waals surface area contributed by atoms with Crippen molar-refractivity contribution < 1.29 is 23.0 Å². The number of hydrogen-bond acceptors (Lipinski definition) is 9. The van der Waals surface area contributed by atoms with Crippen molar-refractivity contribution >= 4 is 28.9 Å². The third-order valence-electron chi connectivity index (χ3n) is 7.15. The van der Waals surface area contributed by atoms with E-state index < -0.39 is 17.7 Å². The zero-order valence-electron chi connectivity index (χ0n) is 22.5. The molecular weight excluding hydrogens is 522 g/mol. The van der Waals surface area contributed by atoms with Gasteiger partial charge in [0.15, 0.2) is 0 Å². The van der Waals surface area contributed by atoms with E-state index in [9.17, 15) is 13.6 Å². The number of methoxy groups -OCH3 is 2. The van der Waals surface area contributed by atoms with Crippen LogP contribution in [0.4, 0.5) is 30.9 Å². The maximum atomic E-state index is 14.8. The molecule has 1 aromatic carbocycles. The number of nitrogens with one attached hydrogen (secondary N) is 1. The van der Waals surface area contributed by atoms with Crippen molar-refractivity contribution in [3.05, 3.63) is 60.6 Å². The van der Waals surface area contributed by atoms with Crippen LogP contribution in [0.5, 0.6) is 5.75 Å². The molecule has 4 aromatic rings. The Morgan fingerprint density at radius 2 is 1.90 bits per heavy atom. The smallest absolute Gasteiger partial charge is 0.409 e. The molecule has 1 saturated heterocycles. The lowest BCUT2D eigenvalue weighted by Gasteiger charge is -2.45. The first-order valence-electron chi connectivity index (χ1n) is 12.6. The minimum absolute atomic E-state index is 0.0413. The van der Waals surface area contributed by atoms with Crippen LogP contribution in [-0.4, -0.2) is 77.0 Å². The molecule has 0 spiro atoms. The Labute approximate surface area is 229 Å². The molecule has 0 radical (unpaired) electrons. The third-order valence-corrected chi connectivity index (χ3v) is 7.15. The highest BCUT2D eigenvalue weighted by atomic mass is 19.1. The van der Waals surface area contributed by atoms with Crippen molar-refractivity contribution in [1.82, 2.24) is 24.5 Å². The van der Waals surface area contributed by atoms with Crippen LogP contribution >= 0.6 is 0 Å². The number of imidazole rings is 1. The molecule has 1 aliphatic rings. The molecule has 13 heteroatoms. The Bertz CT molecular complexity index is 1510. The van der Waals surface area contributed by atoms with Crippen LogP contribution in [0.3, 0.4) is 0 Å². The Kier molecular flexibility index (Phi) is 7.39. The van der Waals surface area contributed by atoms with Gasteiger partial charge in [0, 0.05) is 44.5 Å². The fourth-order valence-corrected chi connectivity index (χ4v) is 5.34. The van der Waals surface area contributed by atoms with Crippen LogP contribution in [0.15, 0.2) is 48.9 Å². The Morgan fingerprint density at radius 3 is 2.58 bits per heavy atom. The summed E-state index contributed by atoms with van der Waals surface area (Å²) in [5.41, 5.74) is 8.45. The molecule has 5 rings (SSSR count). The van der Waals surface area contributed by atoms with Gasteiger partial charge in [-0.2, -0.15) is 9.61 Å². The van der Waals surface area contributed by atoms with Gasteiger partial charge in [-0.15, -0.1) is 0 Å². The summed E-state index contributed by atoms with van der Waals surface area (Å²) in [6.07, 6.45) is 4.51. The highest BCUT2D eigenvalue weighted by Crippen LogP contribution is 2.33. The second-order valence-electron chi connectivity index (χ2n) is 9.74. The Hall–Kier alpha value is -4.52. The van der Waals surface area contributed by atoms with Crippen molar-refractivity contribution in [2.45, 2.75) is 19.0 Å². The van der Waals surface area contributed by atoms with E-state index >= 15 is 0 Å². The Morgan fingerprint density at radius 1 is 1.15 bits per heavy atom. The van der Waals surface area contributed by atoms with Crippen molar-refractivity contribution in [3.8, 4) is 17.0 Å². The monoisotopic (exact) mass is 552 g/mol. The molecule has 1 fully saturated rings. The maximum Gasteiger partial charge on any atom is 0.409 e. The highest BCUT2D eigenvalue weighted by molar-refractivity contribution is 5.74. The molecule has 3 N–H and O–H groups in total. The molecule has 0 saturated carbocycles. The number of hydrogen-bond donors (Lipinski definition) is 2. The molecule has 3 aromatic heterocycles. The molecule has 210 valence electrons. The van der Waals surface area contributed by atoms with Crippen molar-refractivity contribution in [2.24, 2.45) is 11.7 Å². The zero-order valence-corrected chi connectivity index (χ0v) is 22.5. The van der Waals surface area contributed by atoms with E-state index in [1.165, 1.54) is 24.8 Å². The predicted octanol–water partition coefficient (Wildman–Crippen LogP) is 3.67. The van der Waals surface area contributed by atoms with Crippen LogP contribution < -0.4 is 20.7 Å². The number of fused-ring (bicyclic) bond motifs is 1. The van der Waals surface area contributed by atoms with Crippen molar-refractivity contribution in [3.63, 3.8) is 0 Å². The van der Waals surface area contributed by atoms with Crippen LogP contribution in [0.2, 0.25) is 0 Å². The lowest BCUT2D eigenvalue weighted by molar-refractivity contribution is 0.0906. The SMILES string of the molecule is COC(=O)N(C)C1C(C)CN(c2ccncc2Nc2ncc3ccc(-c4c(F)cc(OC)cc4F)nn23)CC1N. The number of likely N-dealkylation sites (N-methyl/N-ethyl adjacent to an activating group) is 1. The standard InChI is InChI=1S/C27H30F2N8O3/c1-15-13-36(14-20(30)25(15)35(2)27(38)40-4)23-7-8-31-12-22(23)33-26-32-11-16-5-6-21(34-37(16)26)24-18(28)9-17(39-3)10-19(24)29/h5-12,15,20,25H,13-14,30H2,1-4H3,(H,32,33). The number of carbonyl (C=O) groups excluding carboxylic acids is 1.